The van der Waals surface area contributed by atoms with Crippen LogP contribution in [0.15, 0.2) is 30.3 Å². The highest BCUT2D eigenvalue weighted by molar-refractivity contribution is 6.40. The molecule has 0 unspecified atom stereocenters. The molecule has 0 aliphatic heterocycles. The van der Waals surface area contributed by atoms with Crippen LogP contribution in [0.5, 0.6) is 0 Å². The highest BCUT2D eigenvalue weighted by atomic mass is 16.6. The van der Waals surface area contributed by atoms with Crippen LogP contribution in [0.2, 0.25) is 0 Å². The zero-order chi connectivity index (χ0) is 30.4. The van der Waals surface area contributed by atoms with Crippen molar-refractivity contribution in [3.8, 4) is 0 Å². The van der Waals surface area contributed by atoms with Crippen molar-refractivity contribution in [3.05, 3.63) is 35.9 Å². The quantitative estimate of drug-likeness (QED) is 0.0556. The number of hydrogen-bond donors (Lipinski definition) is 0. The summed E-state index contributed by atoms with van der Waals surface area (Å²) in [7, 11) is 0. The number of benzene rings is 1. The Balaban J connectivity index is 1.71. The Morgan fingerprint density at radius 3 is 1.29 bits per heavy atom. The number of hydrogen-bond acceptors (Lipinski definition) is 12. The molecule has 0 aliphatic carbocycles. The van der Waals surface area contributed by atoms with E-state index < -0.39 is 11.8 Å². The Bertz CT molecular complexity index is 790. The molecule has 0 spiro atoms. The maximum Gasteiger partial charge on any atom is 0.379 e. The van der Waals surface area contributed by atoms with E-state index in [0.717, 1.165) is 19.3 Å². The average molecular weight is 601 g/mol. The van der Waals surface area contributed by atoms with E-state index in [2.05, 4.69) is 6.92 Å². The molecule has 0 atom stereocenters. The van der Waals surface area contributed by atoms with Gasteiger partial charge in [0.15, 0.2) is 0 Å². The molecule has 0 amide bonds. The molecular formula is C30H48O12. The lowest BCUT2D eigenvalue weighted by molar-refractivity contribution is -0.145. The van der Waals surface area contributed by atoms with Gasteiger partial charge in [-0.1, -0.05) is 50.1 Å². The third kappa shape index (κ3) is 23.1. The van der Waals surface area contributed by atoms with Crippen LogP contribution in [0, 0.1) is 0 Å². The SMILES string of the molecule is CCCCCC(=O)OCCOCCOCCOCCOCCOCCOCCOCCOC(=O)C(=O)c1ccccc1. The normalized spacial score (nSPS) is 11.0. The molecule has 1 aromatic rings. The van der Waals surface area contributed by atoms with Crippen molar-refractivity contribution in [1.82, 2.24) is 0 Å². The van der Waals surface area contributed by atoms with Crippen LogP contribution in [0.3, 0.4) is 0 Å². The van der Waals surface area contributed by atoms with Crippen LogP contribution in [-0.4, -0.2) is 123 Å². The molecule has 0 bridgehead atoms. The van der Waals surface area contributed by atoms with E-state index >= 15 is 0 Å². The zero-order valence-electron chi connectivity index (χ0n) is 24.9. The molecule has 0 heterocycles. The molecule has 12 heteroatoms. The van der Waals surface area contributed by atoms with Crippen molar-refractivity contribution in [1.29, 1.82) is 0 Å². The molecule has 1 aromatic carbocycles. The third-order valence-corrected chi connectivity index (χ3v) is 5.39. The van der Waals surface area contributed by atoms with Gasteiger partial charge in [-0.3, -0.25) is 9.59 Å². The molecule has 0 aliphatic rings. The fraction of sp³-hybridized carbons (Fsp3) is 0.700. The highest BCUT2D eigenvalue weighted by Gasteiger charge is 2.17. The lowest BCUT2D eigenvalue weighted by atomic mass is 10.1. The molecule has 0 saturated carbocycles. The average Bonchev–Trinajstić information content (AvgIpc) is 3.01. The second-order valence-electron chi connectivity index (χ2n) is 8.80. The summed E-state index contributed by atoms with van der Waals surface area (Å²) >= 11 is 0. The van der Waals surface area contributed by atoms with E-state index in [9.17, 15) is 14.4 Å². The topological polar surface area (TPSA) is 134 Å². The standard InChI is InChI=1S/C30H48O12/c1-2-3-5-10-28(31)41-25-23-39-21-19-37-17-15-35-13-11-34-12-14-36-16-18-38-20-22-40-24-26-42-30(33)29(32)27-8-6-4-7-9-27/h4,6-9H,2-3,5,10-26H2,1H3. The summed E-state index contributed by atoms with van der Waals surface area (Å²) in [6.07, 6.45) is 3.46. The van der Waals surface area contributed by atoms with Gasteiger partial charge in [-0.25, -0.2) is 4.79 Å². The number of esters is 2. The Morgan fingerprint density at radius 1 is 0.500 bits per heavy atom. The minimum absolute atomic E-state index is 0.00374. The first kappa shape index (κ1) is 37.6. The molecule has 0 radical (unpaired) electrons. The Kier molecular flexibility index (Phi) is 25.6. The molecule has 0 N–H and O–H groups in total. The largest absolute Gasteiger partial charge is 0.463 e. The van der Waals surface area contributed by atoms with Crippen LogP contribution >= 0.6 is 0 Å². The Morgan fingerprint density at radius 2 is 0.881 bits per heavy atom. The lowest BCUT2D eigenvalue weighted by Gasteiger charge is -2.09. The van der Waals surface area contributed by atoms with Gasteiger partial charge in [-0.2, -0.15) is 0 Å². The van der Waals surface area contributed by atoms with Gasteiger partial charge in [0.2, 0.25) is 0 Å². The van der Waals surface area contributed by atoms with Crippen molar-refractivity contribution < 1.29 is 57.0 Å². The molecule has 12 nitrogen and oxygen atoms in total. The minimum atomic E-state index is -0.899. The van der Waals surface area contributed by atoms with E-state index in [0.29, 0.717) is 97.9 Å². The van der Waals surface area contributed by atoms with Gasteiger partial charge in [0.05, 0.1) is 92.5 Å². The van der Waals surface area contributed by atoms with Gasteiger partial charge < -0.3 is 42.6 Å². The predicted octanol–water partition coefficient (Wildman–Crippen LogP) is 2.65. The smallest absolute Gasteiger partial charge is 0.379 e. The van der Waals surface area contributed by atoms with Crippen molar-refractivity contribution in [2.45, 2.75) is 32.6 Å². The van der Waals surface area contributed by atoms with Crippen molar-refractivity contribution in [3.63, 3.8) is 0 Å². The lowest BCUT2D eigenvalue weighted by Crippen LogP contribution is -2.20. The summed E-state index contributed by atoms with van der Waals surface area (Å²) in [6.45, 7) is 8.14. The van der Waals surface area contributed by atoms with Crippen LogP contribution in [0.1, 0.15) is 43.0 Å². The molecule has 0 fully saturated rings. The van der Waals surface area contributed by atoms with Crippen molar-refractivity contribution >= 4 is 17.7 Å². The summed E-state index contributed by atoms with van der Waals surface area (Å²) in [5, 5.41) is 0. The molecule has 1 rings (SSSR count). The minimum Gasteiger partial charge on any atom is -0.463 e. The van der Waals surface area contributed by atoms with Gasteiger partial charge in [0.1, 0.15) is 13.2 Å². The zero-order valence-corrected chi connectivity index (χ0v) is 24.9. The number of unbranched alkanes of at least 4 members (excludes halogenated alkanes) is 2. The second kappa shape index (κ2) is 28.7. The molecule has 42 heavy (non-hydrogen) atoms. The third-order valence-electron chi connectivity index (χ3n) is 5.39. The van der Waals surface area contributed by atoms with Gasteiger partial charge in [-0.15, -0.1) is 0 Å². The molecule has 240 valence electrons. The Hall–Kier alpha value is -2.45. The molecular weight excluding hydrogens is 552 g/mol. The second-order valence-corrected chi connectivity index (χ2v) is 8.80. The first-order valence-corrected chi connectivity index (χ1v) is 14.6. The van der Waals surface area contributed by atoms with E-state index in [1.807, 2.05) is 0 Å². The van der Waals surface area contributed by atoms with Gasteiger partial charge in [-0.05, 0) is 6.42 Å². The summed E-state index contributed by atoms with van der Waals surface area (Å²) in [6, 6.07) is 8.25. The number of Topliss-reactive ketones (excluding diaryl/α,β-unsaturated/α-hetero) is 1. The molecule has 0 aromatic heterocycles. The monoisotopic (exact) mass is 600 g/mol. The Labute approximate surface area is 249 Å². The summed E-state index contributed by atoms with van der Waals surface area (Å²) in [4.78, 5) is 35.0. The number of carbonyl (C=O) groups is 3. The van der Waals surface area contributed by atoms with Crippen molar-refractivity contribution in [2.75, 3.05) is 106 Å². The number of ketones is 1. The fourth-order valence-electron chi connectivity index (χ4n) is 3.19. The van der Waals surface area contributed by atoms with E-state index in [1.54, 1.807) is 30.3 Å². The first-order valence-electron chi connectivity index (χ1n) is 14.6. The van der Waals surface area contributed by atoms with Gasteiger partial charge in [0.25, 0.3) is 5.78 Å². The van der Waals surface area contributed by atoms with Gasteiger partial charge in [0, 0.05) is 12.0 Å². The van der Waals surface area contributed by atoms with Crippen LogP contribution < -0.4 is 0 Å². The van der Waals surface area contributed by atoms with E-state index in [-0.39, 0.29) is 25.8 Å². The van der Waals surface area contributed by atoms with E-state index in [4.69, 9.17) is 42.6 Å². The highest BCUT2D eigenvalue weighted by Crippen LogP contribution is 2.02. The summed E-state index contributed by atoms with van der Waals surface area (Å²) < 4.78 is 47.8. The maximum absolute atomic E-state index is 11.9. The summed E-state index contributed by atoms with van der Waals surface area (Å²) in [5.41, 5.74) is 0.294. The van der Waals surface area contributed by atoms with Crippen molar-refractivity contribution in [2.24, 2.45) is 0 Å². The van der Waals surface area contributed by atoms with Crippen LogP contribution in [0.4, 0.5) is 0 Å². The predicted molar refractivity (Wildman–Crippen MR) is 153 cm³/mol. The number of carbonyl (C=O) groups excluding carboxylic acids is 3. The van der Waals surface area contributed by atoms with Gasteiger partial charge >= 0.3 is 11.9 Å². The number of rotatable bonds is 30. The number of ether oxygens (including phenoxy) is 9. The first-order chi connectivity index (χ1) is 20.6. The maximum atomic E-state index is 11.9. The van der Waals surface area contributed by atoms with Crippen LogP contribution in [-0.2, 0) is 52.2 Å². The summed E-state index contributed by atoms with van der Waals surface area (Å²) in [5.74, 6) is -1.74. The van der Waals surface area contributed by atoms with Crippen LogP contribution in [0.25, 0.3) is 0 Å². The van der Waals surface area contributed by atoms with E-state index in [1.165, 1.54) is 0 Å². The molecule has 0 saturated heterocycles. The fourth-order valence-corrected chi connectivity index (χ4v) is 3.19.